The Morgan fingerprint density at radius 1 is 0.811 bits per heavy atom. The summed E-state index contributed by atoms with van der Waals surface area (Å²) in [5, 5.41) is 4.33. The van der Waals surface area contributed by atoms with E-state index in [1.807, 2.05) is 73.7 Å². The van der Waals surface area contributed by atoms with Crippen LogP contribution >= 0.6 is 0 Å². The summed E-state index contributed by atoms with van der Waals surface area (Å²) in [6.07, 6.45) is 1.71. The number of hydrogen-bond donors (Lipinski definition) is 1. The minimum Gasteiger partial charge on any atom is -0.494 e. The van der Waals surface area contributed by atoms with Gasteiger partial charge in [0.2, 0.25) is 0 Å². The van der Waals surface area contributed by atoms with Gasteiger partial charge in [-0.05, 0) is 60.5 Å². The van der Waals surface area contributed by atoms with E-state index in [2.05, 4.69) is 57.6 Å². The predicted molar refractivity (Wildman–Crippen MR) is 149 cm³/mol. The van der Waals surface area contributed by atoms with Gasteiger partial charge in [-0.1, -0.05) is 78.9 Å². The van der Waals surface area contributed by atoms with Crippen LogP contribution in [0.15, 0.2) is 126 Å². The molecule has 0 unspecified atom stereocenters. The summed E-state index contributed by atoms with van der Waals surface area (Å²) in [7, 11) is 0. The largest absolute Gasteiger partial charge is 0.494 e. The van der Waals surface area contributed by atoms with E-state index < -0.39 is 0 Å². The van der Waals surface area contributed by atoms with E-state index >= 15 is 0 Å². The lowest BCUT2D eigenvalue weighted by Gasteiger charge is -2.15. The van der Waals surface area contributed by atoms with E-state index in [1.165, 1.54) is 0 Å². The van der Waals surface area contributed by atoms with Crippen molar-refractivity contribution in [3.63, 3.8) is 0 Å². The summed E-state index contributed by atoms with van der Waals surface area (Å²) in [5.74, 6) is 0.568. The van der Waals surface area contributed by atoms with Crippen LogP contribution in [-0.2, 0) is 0 Å². The molecule has 0 atom stereocenters. The topological polar surface area (TPSA) is 55.6 Å². The maximum Gasteiger partial charge on any atom is 0.271 e. The van der Waals surface area contributed by atoms with Gasteiger partial charge in [-0.3, -0.25) is 4.79 Å². The number of ether oxygens (including phenoxy) is 1. The van der Waals surface area contributed by atoms with Crippen molar-refractivity contribution < 1.29 is 9.53 Å². The third-order valence-corrected chi connectivity index (χ3v) is 5.96. The molecule has 0 saturated heterocycles. The molecule has 5 rings (SSSR count). The van der Waals surface area contributed by atoms with Crippen LogP contribution in [0.4, 0.5) is 0 Å². The molecule has 4 aromatic carbocycles. The summed E-state index contributed by atoms with van der Waals surface area (Å²) in [4.78, 5) is 12.5. The van der Waals surface area contributed by atoms with Crippen molar-refractivity contribution in [1.82, 2.24) is 9.99 Å². The Hall–Kier alpha value is -4.90. The number of hydrazone groups is 1. The molecule has 1 amide bonds. The molecule has 0 radical (unpaired) electrons. The van der Waals surface area contributed by atoms with Crippen LogP contribution in [0.25, 0.3) is 28.2 Å². The van der Waals surface area contributed by atoms with Gasteiger partial charge in [0.25, 0.3) is 5.91 Å². The average Bonchev–Trinajstić information content (AvgIpc) is 3.34. The Balaban J connectivity index is 1.63. The van der Waals surface area contributed by atoms with Gasteiger partial charge < -0.3 is 9.30 Å². The smallest absolute Gasteiger partial charge is 0.271 e. The van der Waals surface area contributed by atoms with E-state index in [9.17, 15) is 4.79 Å². The highest BCUT2D eigenvalue weighted by Crippen LogP contribution is 2.35. The molecule has 5 heteroatoms. The van der Waals surface area contributed by atoms with Gasteiger partial charge in [0.05, 0.1) is 24.2 Å². The van der Waals surface area contributed by atoms with Gasteiger partial charge in [0.1, 0.15) is 5.75 Å². The van der Waals surface area contributed by atoms with Gasteiger partial charge >= 0.3 is 0 Å². The van der Waals surface area contributed by atoms with Crippen LogP contribution in [0.3, 0.4) is 0 Å². The first-order chi connectivity index (χ1) is 18.2. The summed E-state index contributed by atoms with van der Waals surface area (Å²) in [6.45, 7) is 2.59. The number of nitrogens with one attached hydrogen (secondary N) is 1. The molecule has 0 aliphatic carbocycles. The number of carbonyl (C=O) groups excluding carboxylic acids is 1. The van der Waals surface area contributed by atoms with E-state index in [0.717, 1.165) is 39.5 Å². The molecule has 1 heterocycles. The van der Waals surface area contributed by atoms with Crippen molar-refractivity contribution in [3.05, 3.63) is 132 Å². The van der Waals surface area contributed by atoms with Gasteiger partial charge in [-0.2, -0.15) is 5.10 Å². The normalized spacial score (nSPS) is 10.9. The van der Waals surface area contributed by atoms with Crippen LogP contribution in [0.5, 0.6) is 5.75 Å². The standard InChI is InChI=1S/C32H27N3O2/c1-2-37-29-20-18-28(19-21-29)35-30(24-12-6-3-7-13-24)22-27(31(35)25-14-8-4-9-15-25)23-33-34-32(36)26-16-10-5-11-17-26/h3-23H,2H2,1H3,(H,34,36)/b33-23-. The third-order valence-electron chi connectivity index (χ3n) is 5.96. The zero-order valence-corrected chi connectivity index (χ0v) is 20.5. The Morgan fingerprint density at radius 2 is 1.41 bits per heavy atom. The van der Waals surface area contributed by atoms with Crippen LogP contribution in [0.1, 0.15) is 22.8 Å². The van der Waals surface area contributed by atoms with Crippen LogP contribution in [0.2, 0.25) is 0 Å². The molecule has 0 aliphatic heterocycles. The zero-order chi connectivity index (χ0) is 25.5. The van der Waals surface area contributed by atoms with Crippen LogP contribution in [-0.4, -0.2) is 23.3 Å². The Bertz CT molecular complexity index is 1490. The van der Waals surface area contributed by atoms with Crippen molar-refractivity contribution in [2.24, 2.45) is 5.10 Å². The number of carbonyl (C=O) groups is 1. The molecular weight excluding hydrogens is 458 g/mol. The van der Waals surface area contributed by atoms with Crippen LogP contribution < -0.4 is 10.2 Å². The minimum absolute atomic E-state index is 0.257. The van der Waals surface area contributed by atoms with E-state index in [0.29, 0.717) is 12.2 Å². The lowest BCUT2D eigenvalue weighted by molar-refractivity contribution is 0.0955. The fourth-order valence-corrected chi connectivity index (χ4v) is 4.28. The molecule has 0 spiro atoms. The number of benzene rings is 4. The summed E-state index contributed by atoms with van der Waals surface area (Å²) in [5.41, 5.74) is 9.19. The van der Waals surface area contributed by atoms with Gasteiger partial charge in [-0.25, -0.2) is 5.43 Å². The Morgan fingerprint density at radius 3 is 2.03 bits per heavy atom. The maximum absolute atomic E-state index is 12.5. The van der Waals surface area contributed by atoms with Crippen molar-refractivity contribution in [2.75, 3.05) is 6.61 Å². The lowest BCUT2D eigenvalue weighted by atomic mass is 10.1. The molecule has 5 aromatic rings. The SMILES string of the molecule is CCOc1ccc(-n2c(-c3ccccc3)cc(/C=N\NC(=O)c3ccccc3)c2-c2ccccc2)cc1. The summed E-state index contributed by atoms with van der Waals surface area (Å²) in [6, 6.07) is 39.7. The minimum atomic E-state index is -0.257. The first kappa shape index (κ1) is 23.8. The van der Waals surface area contributed by atoms with Gasteiger partial charge in [0, 0.05) is 16.8 Å². The molecule has 0 saturated carbocycles. The van der Waals surface area contributed by atoms with Crippen molar-refractivity contribution in [1.29, 1.82) is 0 Å². The second kappa shape index (κ2) is 11.2. The third kappa shape index (κ3) is 5.36. The molecule has 5 nitrogen and oxygen atoms in total. The average molecular weight is 486 g/mol. The molecule has 1 aromatic heterocycles. The highest BCUT2D eigenvalue weighted by atomic mass is 16.5. The fourth-order valence-electron chi connectivity index (χ4n) is 4.28. The van der Waals surface area contributed by atoms with Gasteiger partial charge in [0.15, 0.2) is 0 Å². The second-order valence-electron chi connectivity index (χ2n) is 8.39. The zero-order valence-electron chi connectivity index (χ0n) is 20.5. The van der Waals surface area contributed by atoms with Crippen molar-refractivity contribution in [2.45, 2.75) is 6.92 Å². The first-order valence-corrected chi connectivity index (χ1v) is 12.2. The van der Waals surface area contributed by atoms with Crippen molar-refractivity contribution >= 4 is 12.1 Å². The number of amides is 1. The molecule has 1 N–H and O–H groups in total. The number of hydrogen-bond acceptors (Lipinski definition) is 3. The van der Waals surface area contributed by atoms with E-state index in [-0.39, 0.29) is 5.91 Å². The van der Waals surface area contributed by atoms with Crippen LogP contribution in [0, 0.1) is 0 Å². The predicted octanol–water partition coefficient (Wildman–Crippen LogP) is 6.97. The molecule has 37 heavy (non-hydrogen) atoms. The molecule has 0 bridgehead atoms. The Labute approximate surface area is 216 Å². The number of aromatic nitrogens is 1. The maximum atomic E-state index is 12.5. The highest BCUT2D eigenvalue weighted by Gasteiger charge is 2.19. The van der Waals surface area contributed by atoms with Gasteiger partial charge in [-0.15, -0.1) is 0 Å². The fraction of sp³-hybridized carbons (Fsp3) is 0.0625. The molecule has 0 fully saturated rings. The number of nitrogens with zero attached hydrogens (tertiary/aromatic N) is 2. The first-order valence-electron chi connectivity index (χ1n) is 12.2. The summed E-state index contributed by atoms with van der Waals surface area (Å²) < 4.78 is 7.90. The molecular formula is C32H27N3O2. The second-order valence-corrected chi connectivity index (χ2v) is 8.39. The quantitative estimate of drug-likeness (QED) is 0.191. The van der Waals surface area contributed by atoms with Crippen molar-refractivity contribution in [3.8, 4) is 34.0 Å². The number of rotatable bonds is 8. The van der Waals surface area contributed by atoms with E-state index in [4.69, 9.17) is 4.74 Å². The lowest BCUT2D eigenvalue weighted by Crippen LogP contribution is -2.17. The molecule has 182 valence electrons. The van der Waals surface area contributed by atoms with E-state index in [1.54, 1.807) is 18.3 Å². The summed E-state index contributed by atoms with van der Waals surface area (Å²) >= 11 is 0. The highest BCUT2D eigenvalue weighted by molar-refractivity contribution is 5.97. The Kier molecular flexibility index (Phi) is 7.23. The monoisotopic (exact) mass is 485 g/mol. The molecule has 0 aliphatic rings.